The highest BCUT2D eigenvalue weighted by Crippen LogP contribution is 2.18. The van der Waals surface area contributed by atoms with E-state index in [1.165, 1.54) is 24.8 Å². The average molecular weight is 336 g/mol. The summed E-state index contributed by atoms with van der Waals surface area (Å²) in [6.07, 6.45) is -0.0348. The number of ether oxygens (including phenoxy) is 1. The number of pyridine rings is 1. The summed E-state index contributed by atoms with van der Waals surface area (Å²) in [5.74, 6) is 0.357. The van der Waals surface area contributed by atoms with Gasteiger partial charge in [-0.2, -0.15) is 13.2 Å². The number of alkyl halides is 3. The number of aromatic nitrogens is 5. The van der Waals surface area contributed by atoms with Crippen LogP contribution in [0.5, 0.6) is 5.88 Å². The summed E-state index contributed by atoms with van der Waals surface area (Å²) in [6.45, 7) is -1.16. The van der Waals surface area contributed by atoms with E-state index in [4.69, 9.17) is 0 Å². The maximum absolute atomic E-state index is 12.2. The second-order valence-corrected chi connectivity index (χ2v) is 4.68. The van der Waals surface area contributed by atoms with Gasteiger partial charge in [-0.1, -0.05) is 6.07 Å². The van der Waals surface area contributed by atoms with Crippen LogP contribution in [0.3, 0.4) is 0 Å². The molecule has 7 nitrogen and oxygen atoms in total. The van der Waals surface area contributed by atoms with Crippen molar-refractivity contribution in [3.05, 3.63) is 42.6 Å². The van der Waals surface area contributed by atoms with E-state index in [1.807, 2.05) is 0 Å². The van der Waals surface area contributed by atoms with Crippen molar-refractivity contribution in [3.8, 4) is 5.88 Å². The predicted octanol–water partition coefficient (Wildman–Crippen LogP) is 2.37. The molecule has 124 valence electrons. The first-order valence-electron chi connectivity index (χ1n) is 6.82. The molecule has 0 saturated carbocycles. The molecule has 3 aromatic rings. The normalized spacial score (nSPS) is 11.5. The standard InChI is InChI=1S/C14H11F3N6O/c15-14(16,17)7-24-10-3-1-2-9(23-10)6-20-13-11-12(21-8-22-13)19-5-4-18-11/h1-5,8H,6-7H2,(H,19,20,21,22). The van der Waals surface area contributed by atoms with E-state index in [-0.39, 0.29) is 12.4 Å². The molecule has 0 saturated heterocycles. The van der Waals surface area contributed by atoms with E-state index >= 15 is 0 Å². The fraction of sp³-hybridized carbons (Fsp3) is 0.214. The largest absolute Gasteiger partial charge is 0.468 e. The number of nitrogens with zero attached hydrogens (tertiary/aromatic N) is 5. The van der Waals surface area contributed by atoms with Crippen LogP contribution in [0, 0.1) is 0 Å². The lowest BCUT2D eigenvalue weighted by Gasteiger charge is -2.10. The van der Waals surface area contributed by atoms with E-state index in [1.54, 1.807) is 12.1 Å². The van der Waals surface area contributed by atoms with Gasteiger partial charge in [0.15, 0.2) is 18.1 Å². The first-order chi connectivity index (χ1) is 11.5. The molecule has 0 aliphatic carbocycles. The third kappa shape index (κ3) is 4.03. The Balaban J connectivity index is 1.70. The summed E-state index contributed by atoms with van der Waals surface area (Å²) in [6, 6.07) is 4.58. The Morgan fingerprint density at radius 3 is 2.71 bits per heavy atom. The molecule has 0 aromatic carbocycles. The van der Waals surface area contributed by atoms with Gasteiger partial charge in [0.05, 0.1) is 12.2 Å². The Morgan fingerprint density at radius 2 is 1.88 bits per heavy atom. The van der Waals surface area contributed by atoms with Crippen LogP contribution < -0.4 is 10.1 Å². The molecule has 0 spiro atoms. The van der Waals surface area contributed by atoms with Crippen LogP contribution >= 0.6 is 0 Å². The molecular weight excluding hydrogens is 325 g/mol. The highest BCUT2D eigenvalue weighted by molar-refractivity contribution is 5.81. The fourth-order valence-electron chi connectivity index (χ4n) is 1.89. The van der Waals surface area contributed by atoms with Gasteiger partial charge < -0.3 is 10.1 Å². The van der Waals surface area contributed by atoms with Crippen LogP contribution in [-0.4, -0.2) is 37.7 Å². The van der Waals surface area contributed by atoms with Crippen LogP contribution in [0.4, 0.5) is 19.0 Å². The fourth-order valence-corrected chi connectivity index (χ4v) is 1.89. The summed E-state index contributed by atoms with van der Waals surface area (Å²) in [4.78, 5) is 20.3. The third-order valence-electron chi connectivity index (χ3n) is 2.87. The number of hydrogen-bond acceptors (Lipinski definition) is 7. The molecule has 0 amide bonds. The van der Waals surface area contributed by atoms with E-state index in [0.717, 1.165) is 0 Å². The lowest BCUT2D eigenvalue weighted by molar-refractivity contribution is -0.154. The van der Waals surface area contributed by atoms with Crippen LogP contribution in [0.2, 0.25) is 0 Å². The zero-order valence-electron chi connectivity index (χ0n) is 12.2. The Bertz CT molecular complexity index is 837. The maximum Gasteiger partial charge on any atom is 0.422 e. The maximum atomic E-state index is 12.2. The molecule has 3 rings (SSSR count). The van der Waals surface area contributed by atoms with Gasteiger partial charge in [-0.05, 0) is 6.07 Å². The first-order valence-corrected chi connectivity index (χ1v) is 6.82. The van der Waals surface area contributed by atoms with Gasteiger partial charge in [-0.15, -0.1) is 0 Å². The van der Waals surface area contributed by atoms with Gasteiger partial charge in [0.2, 0.25) is 5.88 Å². The third-order valence-corrected chi connectivity index (χ3v) is 2.87. The molecule has 10 heteroatoms. The number of anilines is 1. The number of nitrogens with one attached hydrogen (secondary N) is 1. The molecule has 0 unspecified atom stereocenters. The van der Waals surface area contributed by atoms with Crippen LogP contribution in [0.25, 0.3) is 11.2 Å². The van der Waals surface area contributed by atoms with Crippen LogP contribution in [-0.2, 0) is 6.54 Å². The molecule has 3 heterocycles. The van der Waals surface area contributed by atoms with Crippen molar-refractivity contribution in [2.24, 2.45) is 0 Å². The summed E-state index contributed by atoms with van der Waals surface area (Å²) in [5, 5.41) is 3.01. The highest BCUT2D eigenvalue weighted by Gasteiger charge is 2.28. The van der Waals surface area contributed by atoms with Gasteiger partial charge >= 0.3 is 6.18 Å². The SMILES string of the molecule is FC(F)(F)COc1cccc(CNc2ncnc3nccnc23)n1. The predicted molar refractivity (Wildman–Crippen MR) is 78.2 cm³/mol. The molecule has 24 heavy (non-hydrogen) atoms. The number of halogens is 3. The Morgan fingerprint density at radius 1 is 1.04 bits per heavy atom. The Labute approximate surface area is 134 Å². The van der Waals surface area contributed by atoms with Crippen molar-refractivity contribution in [3.63, 3.8) is 0 Å². The van der Waals surface area contributed by atoms with Gasteiger partial charge in [0, 0.05) is 18.5 Å². The summed E-state index contributed by atoms with van der Waals surface area (Å²) >= 11 is 0. The second kappa shape index (κ2) is 6.60. The molecule has 0 radical (unpaired) electrons. The van der Waals surface area contributed by atoms with Crippen molar-refractivity contribution >= 4 is 17.0 Å². The van der Waals surface area contributed by atoms with Crippen molar-refractivity contribution in [2.45, 2.75) is 12.7 Å². The molecule has 1 N–H and O–H groups in total. The first kappa shape index (κ1) is 15.8. The smallest absolute Gasteiger partial charge is 0.422 e. The topological polar surface area (TPSA) is 85.7 Å². The highest BCUT2D eigenvalue weighted by atomic mass is 19.4. The molecule has 0 aliphatic rings. The van der Waals surface area contributed by atoms with Crippen LogP contribution in [0.15, 0.2) is 36.9 Å². The number of rotatable bonds is 5. The minimum Gasteiger partial charge on any atom is -0.468 e. The second-order valence-electron chi connectivity index (χ2n) is 4.68. The summed E-state index contributed by atoms with van der Waals surface area (Å²) in [7, 11) is 0. The average Bonchev–Trinajstić information content (AvgIpc) is 2.58. The number of fused-ring (bicyclic) bond motifs is 1. The Hall–Kier alpha value is -3.04. The van der Waals surface area contributed by atoms with Crippen molar-refractivity contribution in [2.75, 3.05) is 11.9 Å². The van der Waals surface area contributed by atoms with Crippen LogP contribution in [0.1, 0.15) is 5.69 Å². The van der Waals surface area contributed by atoms with E-state index in [0.29, 0.717) is 22.7 Å². The molecule has 0 fully saturated rings. The minimum absolute atomic E-state index is 0.0982. The molecule has 0 aliphatic heterocycles. The zero-order valence-corrected chi connectivity index (χ0v) is 12.2. The summed E-state index contributed by atoms with van der Waals surface area (Å²) < 4.78 is 41.1. The minimum atomic E-state index is -4.41. The monoisotopic (exact) mass is 336 g/mol. The molecular formula is C14H11F3N6O. The lowest BCUT2D eigenvalue weighted by atomic mass is 10.3. The molecule has 3 aromatic heterocycles. The zero-order chi connectivity index (χ0) is 17.0. The van der Waals surface area contributed by atoms with Gasteiger partial charge in [-0.25, -0.2) is 24.9 Å². The van der Waals surface area contributed by atoms with E-state index in [2.05, 4.69) is 35.0 Å². The number of hydrogen-bond donors (Lipinski definition) is 1. The molecule has 0 bridgehead atoms. The van der Waals surface area contributed by atoms with Gasteiger partial charge in [0.25, 0.3) is 0 Å². The van der Waals surface area contributed by atoms with Gasteiger partial charge in [0.1, 0.15) is 11.8 Å². The van der Waals surface area contributed by atoms with E-state index in [9.17, 15) is 13.2 Å². The lowest BCUT2D eigenvalue weighted by Crippen LogP contribution is -2.19. The van der Waals surface area contributed by atoms with E-state index < -0.39 is 12.8 Å². The van der Waals surface area contributed by atoms with Crippen molar-refractivity contribution in [1.29, 1.82) is 0 Å². The van der Waals surface area contributed by atoms with Gasteiger partial charge in [-0.3, -0.25) is 0 Å². The molecule has 0 atom stereocenters. The summed E-state index contributed by atoms with van der Waals surface area (Å²) in [5.41, 5.74) is 1.42. The van der Waals surface area contributed by atoms with Crippen molar-refractivity contribution in [1.82, 2.24) is 24.9 Å². The quantitative estimate of drug-likeness (QED) is 0.765. The Kier molecular flexibility index (Phi) is 4.36. The van der Waals surface area contributed by atoms with Crippen molar-refractivity contribution < 1.29 is 17.9 Å².